The smallest absolute Gasteiger partial charge is 0.169 e. The molecule has 0 atom stereocenters. The first-order valence-electron chi connectivity index (χ1n) is 8.87. The van der Waals surface area contributed by atoms with Crippen LogP contribution in [0.15, 0.2) is 36.7 Å². The zero-order valence-electron chi connectivity index (χ0n) is 14.6. The Morgan fingerprint density at radius 1 is 1.24 bits per heavy atom. The van der Waals surface area contributed by atoms with Crippen molar-refractivity contribution in [3.8, 4) is 11.3 Å². The van der Waals surface area contributed by atoms with Crippen LogP contribution in [0.5, 0.6) is 0 Å². The van der Waals surface area contributed by atoms with E-state index in [1.165, 1.54) is 18.5 Å². The molecule has 1 aromatic carbocycles. The van der Waals surface area contributed by atoms with Gasteiger partial charge in [-0.15, -0.1) is 0 Å². The Kier molecular flexibility index (Phi) is 3.99. The zero-order chi connectivity index (χ0) is 17.4. The second-order valence-corrected chi connectivity index (χ2v) is 6.92. The van der Waals surface area contributed by atoms with Gasteiger partial charge >= 0.3 is 0 Å². The number of carbonyl (C=O) groups excluding carboxylic acids is 1. The van der Waals surface area contributed by atoms with Crippen LogP contribution in [-0.2, 0) is 0 Å². The Morgan fingerprint density at radius 2 is 2.04 bits per heavy atom. The molecule has 1 aliphatic heterocycles. The third-order valence-electron chi connectivity index (χ3n) is 4.78. The van der Waals surface area contributed by atoms with Gasteiger partial charge in [0.05, 0.1) is 17.5 Å². The van der Waals surface area contributed by atoms with Crippen molar-refractivity contribution in [2.24, 2.45) is 5.92 Å². The van der Waals surface area contributed by atoms with E-state index < -0.39 is 0 Å². The van der Waals surface area contributed by atoms with Gasteiger partial charge in [0.15, 0.2) is 11.4 Å². The summed E-state index contributed by atoms with van der Waals surface area (Å²) in [7, 11) is 0. The molecule has 0 aliphatic carbocycles. The number of nitrogens with zero attached hydrogens (tertiary/aromatic N) is 3. The summed E-state index contributed by atoms with van der Waals surface area (Å²) in [5.41, 5.74) is 4.99. The number of fused-ring (bicyclic) bond motifs is 1. The predicted molar refractivity (Wildman–Crippen MR) is 99.9 cm³/mol. The summed E-state index contributed by atoms with van der Waals surface area (Å²) >= 11 is 0. The molecule has 3 heterocycles. The number of rotatable bonds is 4. The molecule has 128 valence electrons. The number of Topliss-reactive ketones (excluding diaryl/α,β-unsaturated/α-hetero) is 1. The fourth-order valence-electron chi connectivity index (χ4n) is 3.37. The van der Waals surface area contributed by atoms with Crippen LogP contribution in [0.25, 0.3) is 22.4 Å². The Bertz CT molecular complexity index is 922. The molecule has 0 radical (unpaired) electrons. The highest BCUT2D eigenvalue weighted by Gasteiger charge is 2.18. The second-order valence-electron chi connectivity index (χ2n) is 6.92. The van der Waals surface area contributed by atoms with Gasteiger partial charge in [-0.3, -0.25) is 4.79 Å². The minimum absolute atomic E-state index is 0.0667. The molecule has 0 bridgehead atoms. The van der Waals surface area contributed by atoms with E-state index in [-0.39, 0.29) is 11.7 Å². The quantitative estimate of drug-likeness (QED) is 0.731. The van der Waals surface area contributed by atoms with Gasteiger partial charge in [0, 0.05) is 36.5 Å². The average molecular weight is 334 g/mol. The van der Waals surface area contributed by atoms with Crippen molar-refractivity contribution >= 4 is 22.6 Å². The molecule has 0 saturated carbocycles. The van der Waals surface area contributed by atoms with Gasteiger partial charge in [0.2, 0.25) is 0 Å². The topological polar surface area (TPSA) is 61.9 Å². The van der Waals surface area contributed by atoms with Crippen LogP contribution >= 0.6 is 0 Å². The molecule has 25 heavy (non-hydrogen) atoms. The fourth-order valence-corrected chi connectivity index (χ4v) is 3.37. The van der Waals surface area contributed by atoms with Gasteiger partial charge in [-0.2, -0.15) is 0 Å². The minimum atomic E-state index is -0.0667. The van der Waals surface area contributed by atoms with Crippen molar-refractivity contribution in [1.82, 2.24) is 15.0 Å². The lowest BCUT2D eigenvalue weighted by Gasteiger charge is -2.18. The van der Waals surface area contributed by atoms with Crippen molar-refractivity contribution < 1.29 is 4.79 Å². The lowest BCUT2D eigenvalue weighted by molar-refractivity contribution is 0.0941. The molecule has 2 aromatic heterocycles. The van der Waals surface area contributed by atoms with Crippen LogP contribution in [0.3, 0.4) is 0 Å². The van der Waals surface area contributed by atoms with Crippen LogP contribution in [0.4, 0.5) is 5.69 Å². The summed E-state index contributed by atoms with van der Waals surface area (Å²) < 4.78 is 0. The highest BCUT2D eigenvalue weighted by Crippen LogP contribution is 2.27. The van der Waals surface area contributed by atoms with Crippen molar-refractivity contribution in [1.29, 1.82) is 0 Å². The molecule has 4 rings (SSSR count). The predicted octanol–water partition coefficient (Wildman–Crippen LogP) is 4.06. The van der Waals surface area contributed by atoms with Crippen molar-refractivity contribution in [2.45, 2.75) is 26.7 Å². The lowest BCUT2D eigenvalue weighted by atomic mass is 10.0. The van der Waals surface area contributed by atoms with Crippen LogP contribution in [0, 0.1) is 5.92 Å². The maximum atomic E-state index is 12.4. The highest BCUT2D eigenvalue weighted by atomic mass is 16.1. The number of ketones is 1. The molecule has 5 heteroatoms. The first-order valence-corrected chi connectivity index (χ1v) is 8.87. The number of aromatic amines is 1. The Morgan fingerprint density at radius 3 is 2.80 bits per heavy atom. The largest absolute Gasteiger partial charge is 0.372 e. The van der Waals surface area contributed by atoms with Gasteiger partial charge in [0.25, 0.3) is 0 Å². The van der Waals surface area contributed by atoms with Crippen LogP contribution in [-0.4, -0.2) is 33.8 Å². The van der Waals surface area contributed by atoms with Gasteiger partial charge in [-0.05, 0) is 25.0 Å². The molecule has 3 aromatic rings. The molecular formula is C20H22N4O. The average Bonchev–Trinajstić information content (AvgIpc) is 3.30. The van der Waals surface area contributed by atoms with Crippen molar-refractivity contribution in [3.63, 3.8) is 0 Å². The Balaban J connectivity index is 1.75. The van der Waals surface area contributed by atoms with E-state index in [4.69, 9.17) is 4.98 Å². The Hall–Kier alpha value is -2.69. The molecule has 1 N–H and O–H groups in total. The first kappa shape index (κ1) is 15.8. The maximum Gasteiger partial charge on any atom is 0.169 e. The first-order chi connectivity index (χ1) is 12.1. The third kappa shape index (κ3) is 2.90. The number of nitrogens with one attached hydrogen (secondary N) is 1. The molecule has 0 unspecified atom stereocenters. The van der Waals surface area contributed by atoms with Gasteiger partial charge in [-0.1, -0.05) is 26.0 Å². The van der Waals surface area contributed by atoms with E-state index in [1.54, 1.807) is 12.4 Å². The van der Waals surface area contributed by atoms with Gasteiger partial charge in [0.1, 0.15) is 5.52 Å². The summed E-state index contributed by atoms with van der Waals surface area (Å²) in [5, 5.41) is 0. The molecule has 1 aliphatic rings. The minimum Gasteiger partial charge on any atom is -0.372 e. The standard InChI is InChI=1S/C20H22N4O/c1-13(2)19(25)16-11-21-20-18(16)23-17(12-22-20)14-6-5-7-15(10-14)24-8-3-4-9-24/h5-7,10-13H,3-4,8-9H2,1-2H3,(H,21,22). The van der Waals surface area contributed by atoms with Crippen LogP contribution in [0.2, 0.25) is 0 Å². The summed E-state index contributed by atoms with van der Waals surface area (Å²) in [6.07, 6.45) is 5.99. The molecule has 5 nitrogen and oxygen atoms in total. The normalized spacial score (nSPS) is 14.6. The summed E-state index contributed by atoms with van der Waals surface area (Å²) in [6.45, 7) is 6.02. The molecular weight excluding hydrogens is 312 g/mol. The molecule has 0 amide bonds. The van der Waals surface area contributed by atoms with Gasteiger partial charge in [-0.25, -0.2) is 9.97 Å². The monoisotopic (exact) mass is 334 g/mol. The lowest BCUT2D eigenvalue weighted by Crippen LogP contribution is -2.17. The van der Waals surface area contributed by atoms with E-state index in [0.29, 0.717) is 16.7 Å². The Labute approximate surface area is 147 Å². The van der Waals surface area contributed by atoms with Crippen LogP contribution in [0.1, 0.15) is 37.0 Å². The van der Waals surface area contributed by atoms with E-state index in [0.717, 1.165) is 24.3 Å². The van der Waals surface area contributed by atoms with E-state index in [1.807, 2.05) is 19.9 Å². The van der Waals surface area contributed by atoms with E-state index in [2.05, 4.69) is 33.1 Å². The number of benzene rings is 1. The number of aromatic nitrogens is 3. The summed E-state index contributed by atoms with van der Waals surface area (Å²) in [5.74, 6) is 0.0199. The number of hydrogen-bond donors (Lipinski definition) is 1. The van der Waals surface area contributed by atoms with Crippen LogP contribution < -0.4 is 4.90 Å². The second kappa shape index (κ2) is 6.31. The molecule has 0 spiro atoms. The van der Waals surface area contributed by atoms with Crippen molar-refractivity contribution in [3.05, 3.63) is 42.2 Å². The fraction of sp³-hybridized carbons (Fsp3) is 0.350. The number of hydrogen-bond acceptors (Lipinski definition) is 4. The van der Waals surface area contributed by atoms with E-state index >= 15 is 0 Å². The molecule has 1 saturated heterocycles. The third-order valence-corrected chi connectivity index (χ3v) is 4.78. The van der Waals surface area contributed by atoms with E-state index in [9.17, 15) is 4.79 Å². The maximum absolute atomic E-state index is 12.4. The highest BCUT2D eigenvalue weighted by molar-refractivity contribution is 6.06. The van der Waals surface area contributed by atoms with Crippen molar-refractivity contribution in [2.75, 3.05) is 18.0 Å². The molecule has 1 fully saturated rings. The van der Waals surface area contributed by atoms with Gasteiger partial charge < -0.3 is 9.88 Å². The number of anilines is 1. The summed E-state index contributed by atoms with van der Waals surface area (Å²) in [4.78, 5) is 27.1. The summed E-state index contributed by atoms with van der Waals surface area (Å²) in [6, 6.07) is 8.42. The number of carbonyl (C=O) groups is 1. The SMILES string of the molecule is CC(C)C(=O)c1c[nH]c2ncc(-c3cccc(N4CCCC4)c3)nc12. The number of H-pyrrole nitrogens is 1. The zero-order valence-corrected chi connectivity index (χ0v) is 14.6.